The SMILES string of the molecule is CN=C(NCCc1cccc(C(=O)N(C)C)c1)NCC1(c2ccc(Cl)cc2)CC1.I. The molecule has 0 aromatic heterocycles. The number of hydrogen-bond donors (Lipinski definition) is 2. The van der Waals surface area contributed by atoms with Crippen molar-refractivity contribution in [1.29, 1.82) is 0 Å². The fourth-order valence-corrected chi connectivity index (χ4v) is 3.56. The van der Waals surface area contributed by atoms with Crippen molar-refractivity contribution in [3.63, 3.8) is 0 Å². The van der Waals surface area contributed by atoms with Crippen molar-refractivity contribution < 1.29 is 4.79 Å². The van der Waals surface area contributed by atoms with Gasteiger partial charge in [0.25, 0.3) is 5.91 Å². The van der Waals surface area contributed by atoms with E-state index < -0.39 is 0 Å². The average Bonchev–Trinajstić information content (AvgIpc) is 3.51. The van der Waals surface area contributed by atoms with Gasteiger partial charge in [-0.1, -0.05) is 35.9 Å². The second-order valence-electron chi connectivity index (χ2n) is 7.79. The van der Waals surface area contributed by atoms with Crippen LogP contribution in [0.3, 0.4) is 0 Å². The van der Waals surface area contributed by atoms with Gasteiger partial charge in [0.2, 0.25) is 0 Å². The third-order valence-corrected chi connectivity index (χ3v) is 5.67. The third-order valence-electron chi connectivity index (χ3n) is 5.41. The van der Waals surface area contributed by atoms with E-state index in [1.807, 2.05) is 36.4 Å². The van der Waals surface area contributed by atoms with Crippen LogP contribution in [0.4, 0.5) is 0 Å². The third kappa shape index (κ3) is 6.35. The van der Waals surface area contributed by atoms with Crippen molar-refractivity contribution in [2.24, 2.45) is 4.99 Å². The van der Waals surface area contributed by atoms with Crippen molar-refractivity contribution >= 4 is 47.4 Å². The van der Waals surface area contributed by atoms with Gasteiger partial charge < -0.3 is 15.5 Å². The first-order valence-electron chi connectivity index (χ1n) is 9.95. The molecule has 0 spiro atoms. The zero-order chi connectivity index (χ0) is 20.9. The normalized spacial score (nSPS) is 14.5. The molecule has 1 amide bonds. The molecule has 1 saturated carbocycles. The monoisotopic (exact) mass is 540 g/mol. The Balaban J connectivity index is 0.00000320. The molecule has 7 heteroatoms. The standard InChI is InChI=1S/C23H29ClN4O.HI/c1-25-22(27-16-23(12-13-23)19-7-9-20(24)10-8-19)26-14-11-17-5-4-6-18(15-17)21(29)28(2)3;/h4-10,15H,11-14,16H2,1-3H3,(H2,25,26,27);1H. The van der Waals surface area contributed by atoms with Crippen molar-refractivity contribution in [1.82, 2.24) is 15.5 Å². The van der Waals surface area contributed by atoms with Gasteiger partial charge in [0.1, 0.15) is 0 Å². The van der Waals surface area contributed by atoms with Gasteiger partial charge in [-0.15, -0.1) is 24.0 Å². The molecular formula is C23H30ClIN4O. The van der Waals surface area contributed by atoms with E-state index in [4.69, 9.17) is 11.6 Å². The number of nitrogens with one attached hydrogen (secondary N) is 2. The molecule has 2 N–H and O–H groups in total. The molecular weight excluding hydrogens is 511 g/mol. The highest BCUT2D eigenvalue weighted by atomic mass is 127. The van der Waals surface area contributed by atoms with E-state index in [9.17, 15) is 4.79 Å². The van der Waals surface area contributed by atoms with Gasteiger partial charge in [0, 0.05) is 50.2 Å². The summed E-state index contributed by atoms with van der Waals surface area (Å²) >= 11 is 6.02. The smallest absolute Gasteiger partial charge is 0.253 e. The Morgan fingerprint density at radius 1 is 1.13 bits per heavy atom. The molecule has 2 aromatic rings. The van der Waals surface area contributed by atoms with Gasteiger partial charge in [-0.2, -0.15) is 0 Å². The Bertz CT molecular complexity index is 879. The Kier molecular flexibility index (Phi) is 8.97. The van der Waals surface area contributed by atoms with Crippen LogP contribution in [0, 0.1) is 0 Å². The summed E-state index contributed by atoms with van der Waals surface area (Å²) in [6.45, 7) is 1.59. The van der Waals surface area contributed by atoms with Crippen LogP contribution in [0.2, 0.25) is 5.02 Å². The maximum absolute atomic E-state index is 12.1. The summed E-state index contributed by atoms with van der Waals surface area (Å²) in [5.74, 6) is 0.819. The first kappa shape index (κ1) is 24.5. The molecule has 0 saturated heterocycles. The van der Waals surface area contributed by atoms with Crippen LogP contribution in [0.15, 0.2) is 53.5 Å². The van der Waals surface area contributed by atoms with Crippen LogP contribution < -0.4 is 10.6 Å². The Morgan fingerprint density at radius 3 is 2.43 bits per heavy atom. The van der Waals surface area contributed by atoms with Crippen LogP contribution >= 0.6 is 35.6 Å². The molecule has 0 atom stereocenters. The minimum Gasteiger partial charge on any atom is -0.356 e. The molecule has 0 bridgehead atoms. The second-order valence-corrected chi connectivity index (χ2v) is 8.23. The molecule has 162 valence electrons. The minimum atomic E-state index is 0. The van der Waals surface area contributed by atoms with Crippen LogP contribution in [0.25, 0.3) is 0 Å². The van der Waals surface area contributed by atoms with E-state index in [0.717, 1.165) is 36.1 Å². The highest BCUT2D eigenvalue weighted by Gasteiger charge is 2.44. The molecule has 1 aliphatic rings. The molecule has 0 unspecified atom stereocenters. The fourth-order valence-electron chi connectivity index (χ4n) is 3.44. The lowest BCUT2D eigenvalue weighted by atomic mass is 9.96. The number of nitrogens with zero attached hydrogens (tertiary/aromatic N) is 2. The number of benzene rings is 2. The fraction of sp³-hybridized carbons (Fsp3) is 0.391. The van der Waals surface area contributed by atoms with Crippen molar-refractivity contribution in [3.8, 4) is 0 Å². The lowest BCUT2D eigenvalue weighted by Gasteiger charge is -2.19. The molecule has 5 nitrogen and oxygen atoms in total. The zero-order valence-electron chi connectivity index (χ0n) is 17.7. The zero-order valence-corrected chi connectivity index (χ0v) is 20.8. The van der Waals surface area contributed by atoms with E-state index in [1.54, 1.807) is 26.0 Å². The number of carbonyl (C=O) groups excluding carboxylic acids is 1. The summed E-state index contributed by atoms with van der Waals surface area (Å²) < 4.78 is 0. The van der Waals surface area contributed by atoms with Crippen LogP contribution in [-0.2, 0) is 11.8 Å². The summed E-state index contributed by atoms with van der Waals surface area (Å²) in [5.41, 5.74) is 3.35. The highest BCUT2D eigenvalue weighted by Crippen LogP contribution is 2.47. The predicted molar refractivity (Wildman–Crippen MR) is 135 cm³/mol. The van der Waals surface area contributed by atoms with Crippen molar-refractivity contribution in [2.45, 2.75) is 24.7 Å². The minimum absolute atomic E-state index is 0. The first-order valence-corrected chi connectivity index (χ1v) is 10.3. The Hall–Kier alpha value is -1.80. The van der Waals surface area contributed by atoms with E-state index in [-0.39, 0.29) is 35.3 Å². The topological polar surface area (TPSA) is 56.7 Å². The average molecular weight is 541 g/mol. The maximum atomic E-state index is 12.1. The molecule has 0 heterocycles. The highest BCUT2D eigenvalue weighted by molar-refractivity contribution is 14.0. The summed E-state index contributed by atoms with van der Waals surface area (Å²) in [4.78, 5) is 18.1. The van der Waals surface area contributed by atoms with E-state index in [1.165, 1.54) is 18.4 Å². The molecule has 0 radical (unpaired) electrons. The molecule has 30 heavy (non-hydrogen) atoms. The van der Waals surface area contributed by atoms with E-state index >= 15 is 0 Å². The van der Waals surface area contributed by atoms with Crippen LogP contribution in [0.1, 0.15) is 34.3 Å². The molecule has 2 aromatic carbocycles. The second kappa shape index (κ2) is 11.0. The number of aliphatic imine (C=N–C) groups is 1. The number of hydrogen-bond acceptors (Lipinski definition) is 2. The number of guanidine groups is 1. The molecule has 1 fully saturated rings. The number of amides is 1. The van der Waals surface area contributed by atoms with Crippen LogP contribution in [-0.4, -0.2) is 51.0 Å². The van der Waals surface area contributed by atoms with Gasteiger partial charge >= 0.3 is 0 Å². The molecule has 1 aliphatic carbocycles. The van der Waals surface area contributed by atoms with E-state index in [0.29, 0.717) is 5.56 Å². The Morgan fingerprint density at radius 2 is 1.83 bits per heavy atom. The number of carbonyl (C=O) groups is 1. The molecule has 3 rings (SSSR count). The number of halogens is 2. The first-order chi connectivity index (χ1) is 13.9. The van der Waals surface area contributed by atoms with Gasteiger partial charge in [-0.3, -0.25) is 9.79 Å². The van der Waals surface area contributed by atoms with Gasteiger partial charge in [-0.05, 0) is 54.7 Å². The Labute approximate surface area is 201 Å². The van der Waals surface area contributed by atoms with E-state index in [2.05, 4.69) is 27.8 Å². The van der Waals surface area contributed by atoms with Crippen molar-refractivity contribution in [3.05, 3.63) is 70.2 Å². The summed E-state index contributed by atoms with van der Waals surface area (Å²) in [6, 6.07) is 15.9. The summed E-state index contributed by atoms with van der Waals surface area (Å²) in [7, 11) is 5.32. The van der Waals surface area contributed by atoms with Gasteiger partial charge in [-0.25, -0.2) is 0 Å². The summed E-state index contributed by atoms with van der Waals surface area (Å²) in [5, 5.41) is 7.60. The summed E-state index contributed by atoms with van der Waals surface area (Å²) in [6.07, 6.45) is 3.16. The van der Waals surface area contributed by atoms with Gasteiger partial charge in [0.15, 0.2) is 5.96 Å². The largest absolute Gasteiger partial charge is 0.356 e. The quantitative estimate of drug-likeness (QED) is 0.316. The maximum Gasteiger partial charge on any atom is 0.253 e. The number of rotatable bonds is 7. The molecule has 0 aliphatic heterocycles. The van der Waals surface area contributed by atoms with Gasteiger partial charge in [0.05, 0.1) is 0 Å². The van der Waals surface area contributed by atoms with Crippen LogP contribution in [0.5, 0.6) is 0 Å². The lowest BCUT2D eigenvalue weighted by molar-refractivity contribution is 0.0827. The van der Waals surface area contributed by atoms with Crippen molar-refractivity contribution in [2.75, 3.05) is 34.2 Å². The lowest BCUT2D eigenvalue weighted by Crippen LogP contribution is -2.42. The predicted octanol–water partition coefficient (Wildman–Crippen LogP) is 4.10.